The van der Waals surface area contributed by atoms with Gasteiger partial charge in [0.25, 0.3) is 0 Å². The number of primary amides is 1. The number of nitrogens with one attached hydrogen (secondary N) is 1. The molecule has 1 aliphatic rings. The molecule has 0 aromatic heterocycles. The Morgan fingerprint density at radius 2 is 1.73 bits per heavy atom. The second-order valence-corrected chi connectivity index (χ2v) is 6.69. The maximum Gasteiger partial charge on any atom is 0.239 e. The molecule has 0 unspecified atom stereocenters. The summed E-state index contributed by atoms with van der Waals surface area (Å²) < 4.78 is 5.27. The normalized spacial score (nSPS) is 17.0. The molecule has 5 nitrogen and oxygen atoms in total. The summed E-state index contributed by atoms with van der Waals surface area (Å²) in [5.74, 6) is 0.493. The predicted molar refractivity (Wildman–Crippen MR) is 103 cm³/mol. The van der Waals surface area contributed by atoms with Crippen LogP contribution in [0.25, 0.3) is 0 Å². The van der Waals surface area contributed by atoms with Crippen molar-refractivity contribution in [1.82, 2.24) is 10.2 Å². The average Bonchev–Trinajstić information content (AvgIpc) is 3.20. The van der Waals surface area contributed by atoms with Gasteiger partial charge in [0.1, 0.15) is 11.8 Å². The molecule has 2 aromatic rings. The summed E-state index contributed by atoms with van der Waals surface area (Å²) in [5, 5.41) is 3.39. The first-order valence-corrected chi connectivity index (χ1v) is 9.14. The largest absolute Gasteiger partial charge is 0.497 e. The first kappa shape index (κ1) is 18.4. The molecule has 1 heterocycles. The Morgan fingerprint density at radius 3 is 2.31 bits per heavy atom. The average molecular weight is 353 g/mol. The van der Waals surface area contributed by atoms with Gasteiger partial charge in [-0.2, -0.15) is 0 Å². The Labute approximate surface area is 155 Å². The van der Waals surface area contributed by atoms with Gasteiger partial charge >= 0.3 is 0 Å². The van der Waals surface area contributed by atoms with E-state index in [-0.39, 0.29) is 11.9 Å². The molecule has 2 atom stereocenters. The Kier molecular flexibility index (Phi) is 6.26. The van der Waals surface area contributed by atoms with Crippen molar-refractivity contribution in [2.75, 3.05) is 26.7 Å². The number of carbonyl (C=O) groups excluding carboxylic acids is 1. The molecule has 1 fully saturated rings. The maximum absolute atomic E-state index is 12.0. The lowest BCUT2D eigenvalue weighted by molar-refractivity contribution is -0.120. The Balaban J connectivity index is 1.77. The number of hydrogen-bond donors (Lipinski definition) is 2. The van der Waals surface area contributed by atoms with Crippen LogP contribution in [-0.4, -0.2) is 37.6 Å². The van der Waals surface area contributed by atoms with Gasteiger partial charge in [-0.05, 0) is 49.2 Å². The van der Waals surface area contributed by atoms with Crippen LogP contribution in [0.3, 0.4) is 0 Å². The first-order valence-electron chi connectivity index (χ1n) is 9.14. The number of methoxy groups -OCH3 is 1. The standard InChI is InChI=1S/C21H27N3O2/c1-26-18-11-9-16(10-12-18)19(24-13-5-6-14-24)15-23-20(21(22)25)17-7-3-2-4-8-17/h2-4,7-12,19-20,23H,5-6,13-15H2,1H3,(H2,22,25)/t19-,20+/m0/s1. The lowest BCUT2D eigenvalue weighted by Crippen LogP contribution is -2.40. The number of nitrogens with zero attached hydrogens (tertiary/aromatic N) is 1. The predicted octanol–water partition coefficient (Wildman–Crippen LogP) is 2.65. The zero-order chi connectivity index (χ0) is 18.4. The number of hydrogen-bond acceptors (Lipinski definition) is 4. The quantitative estimate of drug-likeness (QED) is 0.766. The van der Waals surface area contributed by atoms with Gasteiger partial charge in [-0.3, -0.25) is 9.69 Å². The second kappa shape index (κ2) is 8.83. The van der Waals surface area contributed by atoms with Crippen LogP contribution < -0.4 is 15.8 Å². The molecule has 0 saturated carbocycles. The molecule has 1 saturated heterocycles. The topological polar surface area (TPSA) is 67.6 Å². The fourth-order valence-electron chi connectivity index (χ4n) is 3.59. The highest BCUT2D eigenvalue weighted by atomic mass is 16.5. The van der Waals surface area contributed by atoms with Crippen molar-refractivity contribution in [1.29, 1.82) is 0 Å². The third kappa shape index (κ3) is 4.42. The fourth-order valence-corrected chi connectivity index (χ4v) is 3.59. The zero-order valence-electron chi connectivity index (χ0n) is 15.2. The molecule has 0 radical (unpaired) electrons. The SMILES string of the molecule is COc1ccc([C@H](CN[C@@H](C(N)=O)c2ccccc2)N2CCCC2)cc1. The summed E-state index contributed by atoms with van der Waals surface area (Å²) in [6.45, 7) is 2.81. The van der Waals surface area contributed by atoms with Gasteiger partial charge in [0.05, 0.1) is 7.11 Å². The lowest BCUT2D eigenvalue weighted by Gasteiger charge is -2.30. The molecule has 3 rings (SSSR count). The van der Waals surface area contributed by atoms with E-state index in [1.165, 1.54) is 18.4 Å². The molecular formula is C21H27N3O2. The summed E-state index contributed by atoms with van der Waals surface area (Å²) in [5.41, 5.74) is 7.77. The molecule has 2 aromatic carbocycles. The zero-order valence-corrected chi connectivity index (χ0v) is 15.2. The molecule has 138 valence electrons. The molecular weight excluding hydrogens is 326 g/mol. The van der Waals surface area contributed by atoms with E-state index in [0.29, 0.717) is 6.54 Å². The summed E-state index contributed by atoms with van der Waals surface area (Å²) in [4.78, 5) is 14.5. The number of carbonyl (C=O) groups is 1. The van der Waals surface area contributed by atoms with Crippen LogP contribution >= 0.6 is 0 Å². The third-order valence-corrected chi connectivity index (χ3v) is 5.01. The number of likely N-dealkylation sites (tertiary alicyclic amines) is 1. The van der Waals surface area contributed by atoms with Crippen molar-refractivity contribution in [3.8, 4) is 5.75 Å². The van der Waals surface area contributed by atoms with Crippen LogP contribution in [0.1, 0.15) is 36.1 Å². The van der Waals surface area contributed by atoms with E-state index in [0.717, 1.165) is 24.4 Å². The van der Waals surface area contributed by atoms with Crippen molar-refractivity contribution in [3.05, 3.63) is 65.7 Å². The minimum atomic E-state index is -0.487. The number of benzene rings is 2. The smallest absolute Gasteiger partial charge is 0.239 e. The molecule has 0 aliphatic carbocycles. The molecule has 5 heteroatoms. The third-order valence-electron chi connectivity index (χ3n) is 5.01. The van der Waals surface area contributed by atoms with Gasteiger partial charge in [-0.1, -0.05) is 42.5 Å². The van der Waals surface area contributed by atoms with E-state index in [4.69, 9.17) is 10.5 Å². The molecule has 0 bridgehead atoms. The van der Waals surface area contributed by atoms with Crippen LogP contribution in [0.15, 0.2) is 54.6 Å². The van der Waals surface area contributed by atoms with Crippen molar-refractivity contribution in [2.24, 2.45) is 5.73 Å². The van der Waals surface area contributed by atoms with Crippen molar-refractivity contribution in [2.45, 2.75) is 24.9 Å². The molecule has 26 heavy (non-hydrogen) atoms. The van der Waals surface area contributed by atoms with Crippen LogP contribution in [0.4, 0.5) is 0 Å². The van der Waals surface area contributed by atoms with E-state index < -0.39 is 6.04 Å². The highest BCUT2D eigenvalue weighted by Crippen LogP contribution is 2.27. The Morgan fingerprint density at radius 1 is 1.08 bits per heavy atom. The fraction of sp³-hybridized carbons (Fsp3) is 0.381. The molecule has 0 spiro atoms. The highest BCUT2D eigenvalue weighted by Gasteiger charge is 2.26. The van der Waals surface area contributed by atoms with Crippen LogP contribution in [-0.2, 0) is 4.79 Å². The first-order chi connectivity index (χ1) is 12.7. The van der Waals surface area contributed by atoms with Crippen LogP contribution in [0, 0.1) is 0 Å². The number of ether oxygens (including phenoxy) is 1. The number of nitrogens with two attached hydrogens (primary N) is 1. The molecule has 3 N–H and O–H groups in total. The van der Waals surface area contributed by atoms with Crippen LogP contribution in [0.2, 0.25) is 0 Å². The number of rotatable bonds is 8. The van der Waals surface area contributed by atoms with Crippen LogP contribution in [0.5, 0.6) is 5.75 Å². The summed E-state index contributed by atoms with van der Waals surface area (Å²) in [6.07, 6.45) is 2.43. The van der Waals surface area contributed by atoms with E-state index >= 15 is 0 Å². The van der Waals surface area contributed by atoms with Crippen molar-refractivity contribution >= 4 is 5.91 Å². The summed E-state index contributed by atoms with van der Waals surface area (Å²) in [6, 6.07) is 17.5. The van der Waals surface area contributed by atoms with Gasteiger partial charge in [0.15, 0.2) is 0 Å². The number of amides is 1. The van der Waals surface area contributed by atoms with Crippen molar-refractivity contribution in [3.63, 3.8) is 0 Å². The monoisotopic (exact) mass is 353 g/mol. The maximum atomic E-state index is 12.0. The second-order valence-electron chi connectivity index (χ2n) is 6.69. The summed E-state index contributed by atoms with van der Waals surface area (Å²) in [7, 11) is 1.67. The van der Waals surface area contributed by atoms with Gasteiger partial charge in [-0.25, -0.2) is 0 Å². The van der Waals surface area contributed by atoms with E-state index in [1.807, 2.05) is 42.5 Å². The van der Waals surface area contributed by atoms with E-state index in [9.17, 15) is 4.79 Å². The van der Waals surface area contributed by atoms with Gasteiger partial charge < -0.3 is 15.8 Å². The van der Waals surface area contributed by atoms with E-state index in [1.54, 1.807) is 7.11 Å². The molecule has 1 aliphatic heterocycles. The Bertz CT molecular complexity index is 697. The van der Waals surface area contributed by atoms with Gasteiger partial charge in [-0.15, -0.1) is 0 Å². The van der Waals surface area contributed by atoms with Crippen molar-refractivity contribution < 1.29 is 9.53 Å². The Hall–Kier alpha value is -2.37. The minimum absolute atomic E-state index is 0.203. The van der Waals surface area contributed by atoms with Gasteiger partial charge in [0.2, 0.25) is 5.91 Å². The van der Waals surface area contributed by atoms with E-state index in [2.05, 4.69) is 22.3 Å². The minimum Gasteiger partial charge on any atom is -0.497 e. The lowest BCUT2D eigenvalue weighted by atomic mass is 10.0. The summed E-state index contributed by atoms with van der Waals surface area (Å²) >= 11 is 0. The van der Waals surface area contributed by atoms with Gasteiger partial charge in [0, 0.05) is 12.6 Å². The molecule has 1 amide bonds. The highest BCUT2D eigenvalue weighted by molar-refractivity contribution is 5.81.